The van der Waals surface area contributed by atoms with Gasteiger partial charge in [0.15, 0.2) is 0 Å². The summed E-state index contributed by atoms with van der Waals surface area (Å²) in [5, 5.41) is 8.91. The second-order valence-corrected chi connectivity index (χ2v) is 5.89. The molecule has 0 heterocycles. The van der Waals surface area contributed by atoms with E-state index < -0.39 is 5.97 Å². The Morgan fingerprint density at radius 1 is 1.26 bits per heavy atom. The van der Waals surface area contributed by atoms with Crippen LogP contribution in [0.3, 0.4) is 0 Å². The summed E-state index contributed by atoms with van der Waals surface area (Å²) in [7, 11) is 0. The van der Waals surface area contributed by atoms with E-state index in [1.807, 2.05) is 6.07 Å². The Morgan fingerprint density at radius 3 is 2.53 bits per heavy atom. The van der Waals surface area contributed by atoms with Gasteiger partial charge in [-0.15, -0.1) is 0 Å². The molecule has 19 heavy (non-hydrogen) atoms. The van der Waals surface area contributed by atoms with Crippen LogP contribution in [-0.2, 0) is 11.3 Å². The summed E-state index contributed by atoms with van der Waals surface area (Å²) in [4.78, 5) is 10.9. The smallest absolute Gasteiger partial charge is 0.335 e. The van der Waals surface area contributed by atoms with E-state index in [0.29, 0.717) is 18.3 Å². The van der Waals surface area contributed by atoms with E-state index in [1.165, 1.54) is 25.7 Å². The van der Waals surface area contributed by atoms with Crippen molar-refractivity contribution in [2.24, 2.45) is 0 Å². The molecule has 1 aromatic rings. The second-order valence-electron chi connectivity index (χ2n) is 5.04. The van der Waals surface area contributed by atoms with Crippen LogP contribution in [0.25, 0.3) is 0 Å². The molecular weight excluding hydrogens is 308 g/mol. The van der Waals surface area contributed by atoms with Gasteiger partial charge in [0.2, 0.25) is 0 Å². The van der Waals surface area contributed by atoms with Gasteiger partial charge >= 0.3 is 5.97 Å². The third-order valence-electron chi connectivity index (χ3n) is 3.58. The number of ether oxygens (including phenoxy) is 1. The lowest BCUT2D eigenvalue weighted by molar-refractivity contribution is 0.0306. The van der Waals surface area contributed by atoms with Gasteiger partial charge in [0.05, 0.1) is 18.3 Å². The van der Waals surface area contributed by atoms with Crippen LogP contribution in [0.4, 0.5) is 0 Å². The van der Waals surface area contributed by atoms with Gasteiger partial charge in [-0.3, -0.25) is 0 Å². The van der Waals surface area contributed by atoms with Crippen molar-refractivity contribution in [2.45, 2.75) is 51.2 Å². The number of halogens is 1. The summed E-state index contributed by atoms with van der Waals surface area (Å²) in [6, 6.07) is 5.08. The first kappa shape index (κ1) is 14.5. The molecule has 0 amide bonds. The zero-order valence-electron chi connectivity index (χ0n) is 10.9. The predicted octanol–water partition coefficient (Wildman–Crippen LogP) is 4.39. The lowest BCUT2D eigenvalue weighted by Gasteiger charge is -2.16. The van der Waals surface area contributed by atoms with E-state index in [1.54, 1.807) is 12.1 Å². The van der Waals surface area contributed by atoms with Crippen LogP contribution in [0.1, 0.15) is 54.4 Å². The van der Waals surface area contributed by atoms with Crippen LogP contribution in [0.2, 0.25) is 0 Å². The zero-order chi connectivity index (χ0) is 13.7. The lowest BCUT2D eigenvalue weighted by atomic mass is 10.1. The van der Waals surface area contributed by atoms with Gasteiger partial charge in [-0.2, -0.15) is 0 Å². The molecule has 4 heteroatoms. The molecule has 104 valence electrons. The third-order valence-corrected chi connectivity index (χ3v) is 4.31. The van der Waals surface area contributed by atoms with Gasteiger partial charge in [-0.25, -0.2) is 4.79 Å². The number of benzene rings is 1. The van der Waals surface area contributed by atoms with E-state index in [2.05, 4.69) is 15.9 Å². The number of rotatable bonds is 4. The Kier molecular flexibility index (Phi) is 5.40. The van der Waals surface area contributed by atoms with Crippen molar-refractivity contribution in [3.8, 4) is 0 Å². The molecule has 1 saturated carbocycles. The van der Waals surface area contributed by atoms with Crippen LogP contribution in [0.15, 0.2) is 22.7 Å². The van der Waals surface area contributed by atoms with E-state index in [-0.39, 0.29) is 0 Å². The van der Waals surface area contributed by atoms with Crippen molar-refractivity contribution in [3.05, 3.63) is 33.8 Å². The molecule has 0 radical (unpaired) electrons. The number of carboxylic acid groups (broad SMARTS) is 1. The maximum absolute atomic E-state index is 10.9. The first-order valence-corrected chi connectivity index (χ1v) is 7.59. The van der Waals surface area contributed by atoms with Crippen molar-refractivity contribution < 1.29 is 14.6 Å². The molecule has 1 fully saturated rings. The Balaban J connectivity index is 1.93. The van der Waals surface area contributed by atoms with Crippen molar-refractivity contribution in [1.29, 1.82) is 0 Å². The maximum atomic E-state index is 10.9. The van der Waals surface area contributed by atoms with Gasteiger partial charge in [0, 0.05) is 4.47 Å². The van der Waals surface area contributed by atoms with Gasteiger partial charge < -0.3 is 9.84 Å². The van der Waals surface area contributed by atoms with Crippen LogP contribution >= 0.6 is 15.9 Å². The molecule has 0 spiro atoms. The van der Waals surface area contributed by atoms with Gasteiger partial charge in [-0.05, 0) is 30.5 Å². The fraction of sp³-hybridized carbons (Fsp3) is 0.533. The molecule has 1 N–H and O–H groups in total. The fourth-order valence-corrected chi connectivity index (χ4v) is 2.91. The number of hydrogen-bond donors (Lipinski definition) is 1. The maximum Gasteiger partial charge on any atom is 0.335 e. The average Bonchev–Trinajstić information content (AvgIpc) is 2.65. The summed E-state index contributed by atoms with van der Waals surface area (Å²) in [5.74, 6) is -0.906. The van der Waals surface area contributed by atoms with Crippen molar-refractivity contribution in [1.82, 2.24) is 0 Å². The van der Waals surface area contributed by atoms with Gasteiger partial charge in [0.25, 0.3) is 0 Å². The van der Waals surface area contributed by atoms with Crippen molar-refractivity contribution >= 4 is 21.9 Å². The van der Waals surface area contributed by atoms with Crippen molar-refractivity contribution in [3.63, 3.8) is 0 Å². The minimum atomic E-state index is -0.906. The molecule has 0 aromatic heterocycles. The van der Waals surface area contributed by atoms with E-state index in [4.69, 9.17) is 9.84 Å². The zero-order valence-corrected chi connectivity index (χ0v) is 12.5. The largest absolute Gasteiger partial charge is 0.478 e. The molecule has 1 aromatic carbocycles. The first-order chi connectivity index (χ1) is 9.16. The molecule has 1 aliphatic carbocycles. The quantitative estimate of drug-likeness (QED) is 0.835. The molecule has 2 rings (SSSR count). The molecular formula is C15H19BrO3. The highest BCUT2D eigenvalue weighted by molar-refractivity contribution is 9.10. The summed E-state index contributed by atoms with van der Waals surface area (Å²) in [6.45, 7) is 0.547. The Bertz CT molecular complexity index is 437. The Labute approximate surface area is 122 Å². The van der Waals surface area contributed by atoms with Gasteiger partial charge in [0.1, 0.15) is 0 Å². The highest BCUT2D eigenvalue weighted by Crippen LogP contribution is 2.24. The standard InChI is InChI=1S/C15H19BrO3/c16-14-9-11(15(17)18)7-8-12(14)10-19-13-5-3-1-2-4-6-13/h7-9,13H,1-6,10H2,(H,17,18). The molecule has 0 atom stereocenters. The van der Waals surface area contributed by atoms with Crippen LogP contribution in [0.5, 0.6) is 0 Å². The average molecular weight is 327 g/mol. The number of carboxylic acids is 1. The molecule has 0 bridgehead atoms. The van der Waals surface area contributed by atoms with Gasteiger partial charge in [-0.1, -0.05) is 47.7 Å². The minimum Gasteiger partial charge on any atom is -0.478 e. The SMILES string of the molecule is O=C(O)c1ccc(COC2CCCCCC2)c(Br)c1. The van der Waals surface area contributed by atoms with Crippen LogP contribution in [0, 0.1) is 0 Å². The van der Waals surface area contributed by atoms with E-state index in [9.17, 15) is 4.79 Å². The van der Waals surface area contributed by atoms with Crippen LogP contribution < -0.4 is 0 Å². The Hall–Kier alpha value is -0.870. The fourth-order valence-electron chi connectivity index (χ4n) is 2.41. The summed E-state index contributed by atoms with van der Waals surface area (Å²) < 4.78 is 6.76. The number of carbonyl (C=O) groups is 1. The van der Waals surface area contributed by atoms with E-state index >= 15 is 0 Å². The third kappa shape index (κ3) is 4.32. The highest BCUT2D eigenvalue weighted by Gasteiger charge is 2.13. The first-order valence-electron chi connectivity index (χ1n) is 6.80. The van der Waals surface area contributed by atoms with Crippen LogP contribution in [-0.4, -0.2) is 17.2 Å². The molecule has 0 aliphatic heterocycles. The number of hydrogen-bond acceptors (Lipinski definition) is 2. The Morgan fingerprint density at radius 2 is 1.95 bits per heavy atom. The number of aromatic carboxylic acids is 1. The van der Waals surface area contributed by atoms with Crippen molar-refractivity contribution in [2.75, 3.05) is 0 Å². The molecule has 1 aliphatic rings. The minimum absolute atomic E-state index is 0.296. The monoisotopic (exact) mass is 326 g/mol. The molecule has 0 unspecified atom stereocenters. The summed E-state index contributed by atoms with van der Waals surface area (Å²) >= 11 is 3.41. The molecule has 0 saturated heterocycles. The predicted molar refractivity (Wildman–Crippen MR) is 77.4 cm³/mol. The topological polar surface area (TPSA) is 46.5 Å². The normalized spacial score (nSPS) is 17.1. The summed E-state index contributed by atoms with van der Waals surface area (Å²) in [6.07, 6.45) is 7.78. The summed E-state index contributed by atoms with van der Waals surface area (Å²) in [5.41, 5.74) is 1.30. The highest BCUT2D eigenvalue weighted by atomic mass is 79.9. The molecule has 3 nitrogen and oxygen atoms in total. The van der Waals surface area contributed by atoms with E-state index in [0.717, 1.165) is 22.9 Å². The second kappa shape index (κ2) is 7.06. The lowest BCUT2D eigenvalue weighted by Crippen LogP contribution is -2.11.